The van der Waals surface area contributed by atoms with Gasteiger partial charge >= 0.3 is 5.97 Å². The Morgan fingerprint density at radius 1 is 1.62 bits per heavy atom. The van der Waals surface area contributed by atoms with Gasteiger partial charge in [-0.2, -0.15) is 0 Å². The molecule has 0 aliphatic heterocycles. The summed E-state index contributed by atoms with van der Waals surface area (Å²) in [5.74, 6) is -1.19. The number of aliphatic hydroxyl groups excluding tert-OH is 1. The van der Waals surface area contributed by atoms with Crippen molar-refractivity contribution in [2.75, 3.05) is 0 Å². The number of hydrogen-bond donors (Lipinski definition) is 2. The van der Waals surface area contributed by atoms with Crippen molar-refractivity contribution in [3.8, 4) is 0 Å². The van der Waals surface area contributed by atoms with Gasteiger partial charge < -0.3 is 15.7 Å². The molecule has 0 bridgehead atoms. The van der Waals surface area contributed by atoms with Crippen LogP contribution in [0.3, 0.4) is 0 Å². The van der Waals surface area contributed by atoms with Crippen molar-refractivity contribution in [1.82, 2.24) is 0 Å². The summed E-state index contributed by atoms with van der Waals surface area (Å²) in [5, 5.41) is 15.8. The fourth-order valence-corrected chi connectivity index (χ4v) is 0. The number of carboxylic acid groups (broad SMARTS) is 1. The Morgan fingerprint density at radius 3 is 1.75 bits per heavy atom. The molecular formula is C3H8CuO4. The molecule has 0 aliphatic rings. The zero-order valence-corrected chi connectivity index (χ0v) is 5.12. The first-order chi connectivity index (χ1) is 2.64. The van der Waals surface area contributed by atoms with Crippen molar-refractivity contribution in [2.45, 2.75) is 13.0 Å². The molecule has 0 aliphatic carbocycles. The normalized spacial score (nSPS) is 10.2. The first-order valence-corrected chi connectivity index (χ1v) is 1.55. The van der Waals surface area contributed by atoms with Crippen LogP contribution in [0.2, 0.25) is 0 Å². The largest absolute Gasteiger partial charge is 0.479 e. The smallest absolute Gasteiger partial charge is 0.332 e. The Balaban J connectivity index is -0.000000125. The first kappa shape index (κ1) is 15.7. The van der Waals surface area contributed by atoms with E-state index in [2.05, 4.69) is 0 Å². The van der Waals surface area contributed by atoms with Crippen LogP contribution in [0.15, 0.2) is 0 Å². The van der Waals surface area contributed by atoms with E-state index in [1.807, 2.05) is 0 Å². The maximum absolute atomic E-state index is 9.45. The van der Waals surface area contributed by atoms with Gasteiger partial charge in [-0.05, 0) is 6.92 Å². The molecule has 0 aromatic carbocycles. The Morgan fingerprint density at radius 2 is 1.75 bits per heavy atom. The van der Waals surface area contributed by atoms with Gasteiger partial charge in [-0.3, -0.25) is 0 Å². The molecule has 8 heavy (non-hydrogen) atoms. The summed E-state index contributed by atoms with van der Waals surface area (Å²) in [4.78, 5) is 9.45. The van der Waals surface area contributed by atoms with Crippen LogP contribution in [0.5, 0.6) is 0 Å². The molecule has 0 aromatic heterocycles. The molecule has 0 spiro atoms. The summed E-state index contributed by atoms with van der Waals surface area (Å²) in [6.07, 6.45) is -1.23. The van der Waals surface area contributed by atoms with E-state index in [0.29, 0.717) is 0 Å². The maximum atomic E-state index is 9.45. The van der Waals surface area contributed by atoms with Crippen molar-refractivity contribution >= 4 is 5.97 Å². The number of aliphatic hydroxyl groups is 1. The second-order valence-corrected chi connectivity index (χ2v) is 1.01. The molecule has 0 fully saturated rings. The molecule has 5 heteroatoms. The Bertz CT molecular complexity index is 62.3. The van der Waals surface area contributed by atoms with Crippen LogP contribution in [0, 0.1) is 0 Å². The van der Waals surface area contributed by atoms with Crippen molar-refractivity contribution in [3.63, 3.8) is 0 Å². The monoisotopic (exact) mass is 171 g/mol. The van der Waals surface area contributed by atoms with Crippen LogP contribution in [-0.4, -0.2) is 27.8 Å². The standard InChI is InChI=1S/C3H6O3.Cu.H2O/c1-2(4)3(5)6;;/h2,4H,1H3,(H,5,6);;1H2. The SMILES string of the molecule is CC(O)C(=O)O.O.[Cu]. The third-order valence-electron chi connectivity index (χ3n) is 0.357. The average Bonchev–Trinajstić information content (AvgIpc) is 1.36. The first-order valence-electron chi connectivity index (χ1n) is 1.55. The molecule has 0 saturated heterocycles. The topological polar surface area (TPSA) is 89.0 Å². The molecule has 0 rings (SSSR count). The van der Waals surface area contributed by atoms with Gasteiger partial charge in [-0.25, -0.2) is 4.79 Å². The Labute approximate surface area is 57.3 Å². The molecule has 1 unspecified atom stereocenters. The van der Waals surface area contributed by atoms with Crippen molar-refractivity contribution in [1.29, 1.82) is 0 Å². The number of aliphatic carboxylic acids is 1. The van der Waals surface area contributed by atoms with Crippen LogP contribution >= 0.6 is 0 Å². The van der Waals surface area contributed by atoms with Gasteiger partial charge in [0, 0.05) is 17.1 Å². The van der Waals surface area contributed by atoms with E-state index in [4.69, 9.17) is 10.2 Å². The molecule has 1 atom stereocenters. The average molecular weight is 172 g/mol. The molecule has 4 N–H and O–H groups in total. The quantitative estimate of drug-likeness (QED) is 0.477. The second kappa shape index (κ2) is 6.91. The van der Waals surface area contributed by atoms with Gasteiger partial charge in [0.05, 0.1) is 0 Å². The fraction of sp³-hybridized carbons (Fsp3) is 0.667. The number of rotatable bonds is 1. The van der Waals surface area contributed by atoms with Gasteiger partial charge in [-0.15, -0.1) is 0 Å². The zero-order valence-electron chi connectivity index (χ0n) is 4.18. The van der Waals surface area contributed by atoms with Gasteiger partial charge in [0.25, 0.3) is 0 Å². The summed E-state index contributed by atoms with van der Waals surface area (Å²) in [6, 6.07) is 0. The number of carboxylic acids is 1. The molecule has 0 saturated carbocycles. The Hall–Kier alpha value is -0.0905. The summed E-state index contributed by atoms with van der Waals surface area (Å²) in [7, 11) is 0. The summed E-state index contributed by atoms with van der Waals surface area (Å²) in [6.45, 7) is 1.20. The van der Waals surface area contributed by atoms with Crippen molar-refractivity contribution in [2.24, 2.45) is 0 Å². The molecule has 0 heterocycles. The van der Waals surface area contributed by atoms with Gasteiger partial charge in [0.2, 0.25) is 0 Å². The predicted molar refractivity (Wildman–Crippen MR) is 22.9 cm³/mol. The third kappa shape index (κ3) is 9.32. The maximum Gasteiger partial charge on any atom is 0.332 e. The molecular weight excluding hydrogens is 164 g/mol. The summed E-state index contributed by atoms with van der Waals surface area (Å²) >= 11 is 0. The van der Waals surface area contributed by atoms with E-state index in [0.717, 1.165) is 0 Å². The fourth-order valence-electron chi connectivity index (χ4n) is 0. The van der Waals surface area contributed by atoms with E-state index in [1.54, 1.807) is 0 Å². The van der Waals surface area contributed by atoms with E-state index in [-0.39, 0.29) is 22.5 Å². The number of carbonyl (C=O) groups is 1. The van der Waals surface area contributed by atoms with Crippen LogP contribution in [0.1, 0.15) is 6.92 Å². The van der Waals surface area contributed by atoms with Crippen molar-refractivity contribution < 1.29 is 37.6 Å². The van der Waals surface area contributed by atoms with Gasteiger partial charge in [0.15, 0.2) is 0 Å². The van der Waals surface area contributed by atoms with Gasteiger partial charge in [0.1, 0.15) is 6.10 Å². The van der Waals surface area contributed by atoms with Gasteiger partial charge in [-0.1, -0.05) is 0 Å². The van der Waals surface area contributed by atoms with E-state index in [1.165, 1.54) is 6.92 Å². The molecule has 0 amide bonds. The van der Waals surface area contributed by atoms with E-state index in [9.17, 15) is 4.79 Å². The van der Waals surface area contributed by atoms with E-state index >= 15 is 0 Å². The molecule has 55 valence electrons. The van der Waals surface area contributed by atoms with E-state index < -0.39 is 12.1 Å². The number of hydrogen-bond acceptors (Lipinski definition) is 2. The third-order valence-corrected chi connectivity index (χ3v) is 0.357. The van der Waals surface area contributed by atoms with Crippen LogP contribution in [0.4, 0.5) is 0 Å². The molecule has 4 nitrogen and oxygen atoms in total. The van der Waals surface area contributed by atoms with Crippen molar-refractivity contribution in [3.05, 3.63) is 0 Å². The molecule has 1 radical (unpaired) electrons. The van der Waals surface area contributed by atoms with Crippen LogP contribution in [0.25, 0.3) is 0 Å². The summed E-state index contributed by atoms with van der Waals surface area (Å²) < 4.78 is 0. The minimum atomic E-state index is -1.23. The minimum Gasteiger partial charge on any atom is -0.479 e. The molecule has 0 aromatic rings. The summed E-state index contributed by atoms with van der Waals surface area (Å²) in [5.41, 5.74) is 0. The Kier molecular flexibility index (Phi) is 13.5. The zero-order chi connectivity index (χ0) is 5.15. The van der Waals surface area contributed by atoms with Crippen LogP contribution < -0.4 is 0 Å². The minimum absolute atomic E-state index is 0. The predicted octanol–water partition coefficient (Wildman–Crippen LogP) is -1.38. The second-order valence-electron chi connectivity index (χ2n) is 1.01. The van der Waals surface area contributed by atoms with Crippen LogP contribution in [-0.2, 0) is 21.9 Å².